The van der Waals surface area contributed by atoms with Gasteiger partial charge in [0.15, 0.2) is 6.29 Å². The van der Waals surface area contributed by atoms with E-state index in [1.807, 2.05) is 37.1 Å². The number of aldehydes is 1. The summed E-state index contributed by atoms with van der Waals surface area (Å²) < 4.78 is 0. The van der Waals surface area contributed by atoms with Gasteiger partial charge in [-0.05, 0) is 19.1 Å². The number of hydrogen-bond donors (Lipinski definition) is 0. The van der Waals surface area contributed by atoms with Gasteiger partial charge in [-0.1, -0.05) is 12.1 Å². The summed E-state index contributed by atoms with van der Waals surface area (Å²) in [5.74, 6) is -0.0466. The number of nitriles is 1. The summed E-state index contributed by atoms with van der Waals surface area (Å²) in [5, 5.41) is 8.71. The van der Waals surface area contributed by atoms with Gasteiger partial charge in [0.05, 0.1) is 12.0 Å². The zero-order valence-electron chi connectivity index (χ0n) is 8.97. The smallest absolute Gasteiger partial charge is 0.152 e. The molecule has 0 aliphatic rings. The Morgan fingerprint density at radius 2 is 2.20 bits per heavy atom. The van der Waals surface area contributed by atoms with Crippen molar-refractivity contribution in [1.82, 2.24) is 0 Å². The first-order chi connectivity index (χ1) is 7.19. The maximum absolute atomic E-state index is 10.8. The molecule has 0 saturated heterocycles. The van der Waals surface area contributed by atoms with Gasteiger partial charge in [-0.3, -0.25) is 4.79 Å². The van der Waals surface area contributed by atoms with Gasteiger partial charge in [0, 0.05) is 24.8 Å². The first-order valence-corrected chi connectivity index (χ1v) is 4.84. The Labute approximate surface area is 89.9 Å². The average molecular weight is 202 g/mol. The third-order valence-electron chi connectivity index (χ3n) is 2.24. The molecule has 1 unspecified atom stereocenters. The van der Waals surface area contributed by atoms with E-state index >= 15 is 0 Å². The van der Waals surface area contributed by atoms with Crippen LogP contribution in [0.2, 0.25) is 0 Å². The molecular weight excluding hydrogens is 188 g/mol. The number of nitrogens with zero attached hydrogens (tertiary/aromatic N) is 2. The molecule has 0 N–H and O–H groups in total. The summed E-state index contributed by atoms with van der Waals surface area (Å²) >= 11 is 0. The zero-order valence-corrected chi connectivity index (χ0v) is 8.97. The molecule has 3 heteroatoms. The minimum atomic E-state index is -0.0466. The number of carbonyl (C=O) groups is 1. The lowest BCUT2D eigenvalue weighted by molar-refractivity contribution is 0.112. The SMILES string of the molecule is CC(C#N)CN(C)c1ccccc1C=O. The Hall–Kier alpha value is -1.82. The molecule has 0 bridgehead atoms. The van der Waals surface area contributed by atoms with E-state index in [0.29, 0.717) is 12.1 Å². The molecule has 0 spiro atoms. The molecule has 0 saturated carbocycles. The van der Waals surface area contributed by atoms with Crippen molar-refractivity contribution in [3.05, 3.63) is 29.8 Å². The summed E-state index contributed by atoms with van der Waals surface area (Å²) in [5.41, 5.74) is 1.53. The van der Waals surface area contributed by atoms with Crippen molar-refractivity contribution in [2.45, 2.75) is 6.92 Å². The fraction of sp³-hybridized carbons (Fsp3) is 0.333. The number of rotatable bonds is 4. The first kappa shape index (κ1) is 11.3. The standard InChI is InChI=1S/C12H14N2O/c1-10(7-13)8-14(2)12-6-4-3-5-11(12)9-15/h3-6,9-10H,8H2,1-2H3. The van der Waals surface area contributed by atoms with Crippen molar-refractivity contribution in [3.8, 4) is 6.07 Å². The van der Waals surface area contributed by atoms with Crippen LogP contribution in [0.3, 0.4) is 0 Å². The van der Waals surface area contributed by atoms with Crippen LogP contribution in [0.1, 0.15) is 17.3 Å². The number of carbonyl (C=O) groups excluding carboxylic acids is 1. The predicted molar refractivity (Wildman–Crippen MR) is 59.9 cm³/mol. The molecule has 78 valence electrons. The highest BCUT2D eigenvalue weighted by molar-refractivity contribution is 5.84. The van der Waals surface area contributed by atoms with Gasteiger partial charge >= 0.3 is 0 Å². The molecule has 15 heavy (non-hydrogen) atoms. The molecule has 1 rings (SSSR count). The van der Waals surface area contributed by atoms with E-state index in [0.717, 1.165) is 12.0 Å². The van der Waals surface area contributed by atoms with E-state index in [1.54, 1.807) is 6.07 Å². The summed E-state index contributed by atoms with van der Waals surface area (Å²) in [4.78, 5) is 12.7. The van der Waals surface area contributed by atoms with E-state index in [4.69, 9.17) is 5.26 Å². The normalized spacial score (nSPS) is 11.5. The van der Waals surface area contributed by atoms with Crippen LogP contribution < -0.4 is 4.90 Å². The quantitative estimate of drug-likeness (QED) is 0.702. The second kappa shape index (κ2) is 5.16. The van der Waals surface area contributed by atoms with E-state index in [2.05, 4.69) is 6.07 Å². The Kier molecular flexibility index (Phi) is 3.87. The highest BCUT2D eigenvalue weighted by atomic mass is 16.1. The maximum Gasteiger partial charge on any atom is 0.152 e. The molecule has 0 fully saturated rings. The fourth-order valence-corrected chi connectivity index (χ4v) is 1.48. The lowest BCUT2D eigenvalue weighted by Gasteiger charge is -2.21. The van der Waals surface area contributed by atoms with Gasteiger partial charge in [0.1, 0.15) is 0 Å². The highest BCUT2D eigenvalue weighted by Crippen LogP contribution is 2.17. The van der Waals surface area contributed by atoms with Gasteiger partial charge in [-0.15, -0.1) is 0 Å². The molecule has 3 nitrogen and oxygen atoms in total. The molecule has 1 aromatic carbocycles. The molecular formula is C12H14N2O. The van der Waals surface area contributed by atoms with Gasteiger partial charge in [-0.2, -0.15) is 5.26 Å². The van der Waals surface area contributed by atoms with Crippen molar-refractivity contribution in [3.63, 3.8) is 0 Å². The minimum absolute atomic E-state index is 0.0466. The Balaban J connectivity index is 2.86. The van der Waals surface area contributed by atoms with Gasteiger partial charge in [-0.25, -0.2) is 0 Å². The van der Waals surface area contributed by atoms with Gasteiger partial charge in [0.25, 0.3) is 0 Å². The molecule has 0 aliphatic heterocycles. The summed E-state index contributed by atoms with van der Waals surface area (Å²) in [7, 11) is 1.89. The molecule has 0 amide bonds. The fourth-order valence-electron chi connectivity index (χ4n) is 1.48. The first-order valence-electron chi connectivity index (χ1n) is 4.84. The van der Waals surface area contributed by atoms with Crippen molar-refractivity contribution < 1.29 is 4.79 Å². The van der Waals surface area contributed by atoms with E-state index in [1.165, 1.54) is 0 Å². The number of anilines is 1. The lowest BCUT2D eigenvalue weighted by atomic mass is 10.1. The maximum atomic E-state index is 10.8. The summed E-state index contributed by atoms with van der Waals surface area (Å²) in [6.07, 6.45) is 0.836. The van der Waals surface area contributed by atoms with Gasteiger partial charge in [0.2, 0.25) is 0 Å². The number of para-hydroxylation sites is 1. The topological polar surface area (TPSA) is 44.1 Å². The third-order valence-corrected chi connectivity index (χ3v) is 2.24. The third kappa shape index (κ3) is 2.81. The highest BCUT2D eigenvalue weighted by Gasteiger charge is 2.09. The summed E-state index contributed by atoms with van der Waals surface area (Å²) in [6, 6.07) is 9.54. The van der Waals surface area contributed by atoms with Crippen LogP contribution in [0.25, 0.3) is 0 Å². The van der Waals surface area contributed by atoms with Crippen LogP contribution in [-0.4, -0.2) is 19.9 Å². The number of benzene rings is 1. The lowest BCUT2D eigenvalue weighted by Crippen LogP contribution is -2.24. The van der Waals surface area contributed by atoms with E-state index in [-0.39, 0.29) is 5.92 Å². The second-order valence-corrected chi connectivity index (χ2v) is 3.59. The van der Waals surface area contributed by atoms with Crippen molar-refractivity contribution in [1.29, 1.82) is 5.26 Å². The van der Waals surface area contributed by atoms with Crippen LogP contribution in [0.4, 0.5) is 5.69 Å². The Bertz CT molecular complexity index is 381. The molecule has 0 radical (unpaired) electrons. The predicted octanol–water partition coefficient (Wildman–Crippen LogP) is 2.09. The van der Waals surface area contributed by atoms with Crippen LogP contribution in [-0.2, 0) is 0 Å². The zero-order chi connectivity index (χ0) is 11.3. The molecule has 1 atom stereocenters. The molecule has 0 aliphatic carbocycles. The van der Waals surface area contributed by atoms with Gasteiger partial charge < -0.3 is 4.90 Å². The minimum Gasteiger partial charge on any atom is -0.373 e. The summed E-state index contributed by atoms with van der Waals surface area (Å²) in [6.45, 7) is 2.49. The number of hydrogen-bond acceptors (Lipinski definition) is 3. The van der Waals surface area contributed by atoms with Crippen LogP contribution in [0.15, 0.2) is 24.3 Å². The van der Waals surface area contributed by atoms with E-state index < -0.39 is 0 Å². The van der Waals surface area contributed by atoms with Crippen molar-refractivity contribution in [2.24, 2.45) is 5.92 Å². The monoisotopic (exact) mass is 202 g/mol. The molecule has 1 aromatic rings. The largest absolute Gasteiger partial charge is 0.373 e. The molecule has 0 heterocycles. The average Bonchev–Trinajstić information content (AvgIpc) is 2.28. The van der Waals surface area contributed by atoms with Crippen LogP contribution in [0.5, 0.6) is 0 Å². The van der Waals surface area contributed by atoms with Crippen molar-refractivity contribution >= 4 is 12.0 Å². The van der Waals surface area contributed by atoms with Crippen molar-refractivity contribution in [2.75, 3.05) is 18.5 Å². The van der Waals surface area contributed by atoms with Crippen LogP contribution in [0, 0.1) is 17.2 Å². The molecule has 0 aromatic heterocycles. The second-order valence-electron chi connectivity index (χ2n) is 3.59. The van der Waals surface area contributed by atoms with Crippen LogP contribution >= 0.6 is 0 Å². The Morgan fingerprint density at radius 1 is 1.53 bits per heavy atom. The van der Waals surface area contributed by atoms with E-state index in [9.17, 15) is 4.79 Å². The Morgan fingerprint density at radius 3 is 2.80 bits per heavy atom.